The number of nitrogens with two attached hydrogens (primary N) is 1. The predicted octanol–water partition coefficient (Wildman–Crippen LogP) is 2.84. The Bertz CT molecular complexity index is 127. The van der Waals surface area contributed by atoms with E-state index < -0.39 is 0 Å². The summed E-state index contributed by atoms with van der Waals surface area (Å²) in [6.07, 6.45) is 2.39. The molecule has 0 aromatic rings. The second-order valence-corrected chi connectivity index (χ2v) is 3.83. The zero-order valence-corrected chi connectivity index (χ0v) is 9.10. The topological polar surface area (TPSA) is 26.0 Å². The Morgan fingerprint density at radius 3 is 2.40 bits per heavy atom. The van der Waals surface area contributed by atoms with Crippen LogP contribution in [0.4, 0.5) is 0 Å². The fraction of sp³-hybridized carbons (Fsp3) is 0.750. The van der Waals surface area contributed by atoms with Crippen LogP contribution in [0, 0.1) is 0 Å². The van der Waals surface area contributed by atoms with Crippen molar-refractivity contribution in [2.75, 3.05) is 0 Å². The van der Waals surface area contributed by atoms with Crippen LogP contribution in [0.15, 0.2) is 9.15 Å². The van der Waals surface area contributed by atoms with Crippen LogP contribution in [-0.4, -0.2) is 6.04 Å². The van der Waals surface area contributed by atoms with E-state index in [1.54, 1.807) is 0 Å². The molecule has 0 aromatic carbocycles. The van der Waals surface area contributed by atoms with Crippen molar-refractivity contribution in [2.24, 2.45) is 5.73 Å². The molecule has 2 heteroatoms. The third-order valence-corrected chi connectivity index (χ3v) is 3.34. The van der Waals surface area contributed by atoms with Gasteiger partial charge in [-0.3, -0.25) is 0 Å². The van der Waals surface area contributed by atoms with Gasteiger partial charge >= 0.3 is 0 Å². The average molecular weight is 253 g/mol. The maximum absolute atomic E-state index is 5.70. The van der Waals surface area contributed by atoms with Crippen molar-refractivity contribution in [1.29, 1.82) is 0 Å². The fourth-order valence-electron chi connectivity index (χ4n) is 0.883. The predicted molar refractivity (Wildman–Crippen MR) is 55.3 cm³/mol. The lowest BCUT2D eigenvalue weighted by atomic mass is 10.1. The van der Waals surface area contributed by atoms with E-state index in [1.807, 2.05) is 6.92 Å². The molecule has 60 valence electrons. The molecule has 0 radical (unpaired) electrons. The van der Waals surface area contributed by atoms with Gasteiger partial charge in [0.25, 0.3) is 0 Å². The molecule has 0 fully saturated rings. The van der Waals surface area contributed by atoms with Crippen molar-refractivity contribution in [2.45, 2.75) is 39.7 Å². The van der Waals surface area contributed by atoms with Gasteiger partial charge in [0.15, 0.2) is 0 Å². The minimum Gasteiger partial charge on any atom is -0.324 e. The monoisotopic (exact) mass is 253 g/mol. The number of hydrogen-bond donors (Lipinski definition) is 1. The van der Waals surface area contributed by atoms with Gasteiger partial charge in [0.05, 0.1) is 0 Å². The highest BCUT2D eigenvalue weighted by Gasteiger charge is 2.01. The zero-order valence-electron chi connectivity index (χ0n) is 6.95. The van der Waals surface area contributed by atoms with Crippen LogP contribution in [0.3, 0.4) is 0 Å². The summed E-state index contributed by atoms with van der Waals surface area (Å²) in [7, 11) is 0. The molecule has 0 aromatic heterocycles. The molecule has 0 aliphatic heterocycles. The Morgan fingerprint density at radius 1 is 1.60 bits per heavy atom. The number of allylic oxidation sites excluding steroid dienone is 1. The van der Waals surface area contributed by atoms with Gasteiger partial charge in [-0.1, -0.05) is 18.9 Å². The van der Waals surface area contributed by atoms with Gasteiger partial charge < -0.3 is 5.73 Å². The molecule has 0 amide bonds. The standard InChI is InChI=1S/C8H16IN/c1-4-5-6(2)8(9)7(3)10/h7H,4-5,10H2,1-3H3/b8-6-/t7-/m1/s1. The van der Waals surface area contributed by atoms with Crippen molar-refractivity contribution in [1.82, 2.24) is 0 Å². The van der Waals surface area contributed by atoms with Crippen LogP contribution < -0.4 is 5.73 Å². The van der Waals surface area contributed by atoms with E-state index in [1.165, 1.54) is 22.0 Å². The summed E-state index contributed by atoms with van der Waals surface area (Å²) >= 11 is 2.34. The lowest BCUT2D eigenvalue weighted by molar-refractivity contribution is 0.853. The molecule has 0 rings (SSSR count). The van der Waals surface area contributed by atoms with Crippen molar-refractivity contribution in [3.8, 4) is 0 Å². The van der Waals surface area contributed by atoms with Gasteiger partial charge in [-0.15, -0.1) is 0 Å². The van der Waals surface area contributed by atoms with Crippen LogP contribution in [0.25, 0.3) is 0 Å². The van der Waals surface area contributed by atoms with E-state index in [4.69, 9.17) is 5.73 Å². The Balaban J connectivity index is 4.05. The van der Waals surface area contributed by atoms with Crippen LogP contribution in [0.5, 0.6) is 0 Å². The average Bonchev–Trinajstić information content (AvgIpc) is 1.87. The van der Waals surface area contributed by atoms with E-state index in [-0.39, 0.29) is 6.04 Å². The van der Waals surface area contributed by atoms with Crippen LogP contribution in [-0.2, 0) is 0 Å². The molecule has 0 unspecified atom stereocenters. The summed E-state index contributed by atoms with van der Waals surface area (Å²) in [6.45, 7) is 6.38. The summed E-state index contributed by atoms with van der Waals surface area (Å²) in [6, 6.07) is 0.215. The van der Waals surface area contributed by atoms with Crippen molar-refractivity contribution in [3.63, 3.8) is 0 Å². The highest BCUT2D eigenvalue weighted by Crippen LogP contribution is 2.18. The summed E-state index contributed by atoms with van der Waals surface area (Å²) in [5, 5.41) is 0. The Kier molecular flexibility index (Phi) is 5.35. The molecule has 0 bridgehead atoms. The second kappa shape index (κ2) is 5.13. The van der Waals surface area contributed by atoms with Gasteiger partial charge in [-0.25, -0.2) is 0 Å². The molecule has 10 heavy (non-hydrogen) atoms. The first kappa shape index (κ1) is 10.4. The molecule has 0 aliphatic carbocycles. The summed E-state index contributed by atoms with van der Waals surface area (Å²) < 4.78 is 1.32. The van der Waals surface area contributed by atoms with Gasteiger partial charge in [-0.2, -0.15) is 0 Å². The van der Waals surface area contributed by atoms with E-state index in [9.17, 15) is 0 Å². The Labute approximate surface area is 77.2 Å². The van der Waals surface area contributed by atoms with Crippen LogP contribution in [0.1, 0.15) is 33.6 Å². The molecule has 0 aliphatic rings. The largest absolute Gasteiger partial charge is 0.324 e. The number of halogens is 1. The molecule has 0 heterocycles. The van der Waals surface area contributed by atoms with Crippen molar-refractivity contribution < 1.29 is 0 Å². The lowest BCUT2D eigenvalue weighted by Crippen LogP contribution is -2.15. The highest BCUT2D eigenvalue weighted by atomic mass is 127. The minimum absolute atomic E-state index is 0.215. The lowest BCUT2D eigenvalue weighted by Gasteiger charge is -2.07. The number of rotatable bonds is 3. The van der Waals surface area contributed by atoms with Crippen molar-refractivity contribution in [3.05, 3.63) is 9.15 Å². The first-order chi connectivity index (χ1) is 4.59. The van der Waals surface area contributed by atoms with Gasteiger partial charge in [0.1, 0.15) is 0 Å². The maximum Gasteiger partial charge on any atom is 0.0323 e. The fourth-order valence-corrected chi connectivity index (χ4v) is 1.15. The van der Waals surface area contributed by atoms with Crippen LogP contribution >= 0.6 is 22.6 Å². The SMILES string of the molecule is CCC/C(C)=C(\I)[C@@H](C)N. The maximum atomic E-state index is 5.70. The normalized spacial score (nSPS) is 16.5. The van der Waals surface area contributed by atoms with Gasteiger partial charge in [-0.05, 0) is 42.9 Å². The van der Waals surface area contributed by atoms with E-state index in [2.05, 4.69) is 36.4 Å². The van der Waals surface area contributed by atoms with Crippen LogP contribution in [0.2, 0.25) is 0 Å². The summed E-state index contributed by atoms with van der Waals surface area (Å²) in [5.41, 5.74) is 7.14. The summed E-state index contributed by atoms with van der Waals surface area (Å²) in [4.78, 5) is 0. The first-order valence-electron chi connectivity index (χ1n) is 3.70. The molecule has 0 spiro atoms. The Hall–Kier alpha value is 0.430. The molecule has 1 atom stereocenters. The zero-order chi connectivity index (χ0) is 8.15. The highest BCUT2D eigenvalue weighted by molar-refractivity contribution is 14.1. The molecule has 0 saturated carbocycles. The van der Waals surface area contributed by atoms with Gasteiger partial charge in [0.2, 0.25) is 0 Å². The molecular weight excluding hydrogens is 237 g/mol. The first-order valence-corrected chi connectivity index (χ1v) is 4.78. The molecule has 0 saturated heterocycles. The quantitative estimate of drug-likeness (QED) is 0.769. The van der Waals surface area contributed by atoms with Gasteiger partial charge in [0, 0.05) is 9.62 Å². The van der Waals surface area contributed by atoms with E-state index in [0.717, 1.165) is 0 Å². The molecule has 1 nitrogen and oxygen atoms in total. The number of hydrogen-bond acceptors (Lipinski definition) is 1. The molecule has 2 N–H and O–H groups in total. The van der Waals surface area contributed by atoms with E-state index in [0.29, 0.717) is 0 Å². The third kappa shape index (κ3) is 3.56. The Morgan fingerprint density at radius 2 is 2.10 bits per heavy atom. The second-order valence-electron chi connectivity index (χ2n) is 2.67. The minimum atomic E-state index is 0.215. The summed E-state index contributed by atoms with van der Waals surface area (Å²) in [5.74, 6) is 0. The molecular formula is C8H16IN. The third-order valence-electron chi connectivity index (χ3n) is 1.43. The van der Waals surface area contributed by atoms with Crippen molar-refractivity contribution >= 4 is 22.6 Å². The smallest absolute Gasteiger partial charge is 0.0323 e. The van der Waals surface area contributed by atoms with E-state index >= 15 is 0 Å².